The van der Waals surface area contributed by atoms with Crippen molar-refractivity contribution in [2.24, 2.45) is 34.5 Å². The zero-order chi connectivity index (χ0) is 11.5. The van der Waals surface area contributed by atoms with Crippen molar-refractivity contribution in [1.82, 2.24) is 0 Å². The highest BCUT2D eigenvalue weighted by Crippen LogP contribution is 3.07. The monoisotopic (exact) mass is 358 g/mol. The molecule has 17 heavy (non-hydrogen) atoms. The standard InChI is InChI=1S/C15H20Br2/c16-15(17)13(9-5-1-2-6-10(9)13)14(15)11-7-3-4-8-12(11)14/h9-12H,1-8H2/t9-,10+,11-,12+,13?,14?. The quantitative estimate of drug-likeness (QED) is 0.528. The third-order valence-electron chi connectivity index (χ3n) is 7.31. The molecule has 2 spiro atoms. The summed E-state index contributed by atoms with van der Waals surface area (Å²) in [5, 5.41) is 0. The third kappa shape index (κ3) is 0.822. The number of hydrogen-bond acceptors (Lipinski definition) is 0. The van der Waals surface area contributed by atoms with Gasteiger partial charge in [0.1, 0.15) is 0 Å². The summed E-state index contributed by atoms with van der Waals surface area (Å²) in [7, 11) is 0. The van der Waals surface area contributed by atoms with Gasteiger partial charge >= 0.3 is 0 Å². The molecule has 0 aromatic heterocycles. The Morgan fingerprint density at radius 3 is 1.18 bits per heavy atom. The maximum atomic E-state index is 4.15. The first kappa shape index (κ1) is 10.7. The highest BCUT2D eigenvalue weighted by molar-refractivity contribution is 9.25. The fourth-order valence-electron chi connectivity index (χ4n) is 6.98. The van der Waals surface area contributed by atoms with Crippen molar-refractivity contribution in [2.45, 2.75) is 54.6 Å². The zero-order valence-electron chi connectivity index (χ0n) is 10.2. The molecule has 0 radical (unpaired) electrons. The molecule has 0 saturated heterocycles. The molecule has 2 heteroatoms. The summed E-state index contributed by atoms with van der Waals surface area (Å²) in [6.07, 6.45) is 12.1. The van der Waals surface area contributed by atoms with Gasteiger partial charge in [0.25, 0.3) is 0 Å². The van der Waals surface area contributed by atoms with Gasteiger partial charge in [-0.1, -0.05) is 57.5 Å². The first-order valence-corrected chi connectivity index (χ1v) is 9.17. The molecule has 5 fully saturated rings. The number of rotatable bonds is 0. The SMILES string of the molecule is BrC1(Br)C2([C@@H]3CCCC[C@@H]32)C12[C@@H]1CCCC[C@@H]12. The van der Waals surface area contributed by atoms with Crippen molar-refractivity contribution in [1.29, 1.82) is 0 Å². The number of alkyl halides is 2. The van der Waals surface area contributed by atoms with Crippen LogP contribution < -0.4 is 0 Å². The summed E-state index contributed by atoms with van der Waals surface area (Å²) < 4.78 is 0.360. The normalized spacial score (nSPS) is 65.3. The number of hydrogen-bond donors (Lipinski definition) is 0. The van der Waals surface area contributed by atoms with Gasteiger partial charge in [0.15, 0.2) is 0 Å². The van der Waals surface area contributed by atoms with Gasteiger partial charge in [-0.2, -0.15) is 0 Å². The molecule has 94 valence electrons. The molecule has 5 aliphatic rings. The lowest BCUT2D eigenvalue weighted by molar-refractivity contribution is 0.480. The van der Waals surface area contributed by atoms with Crippen LogP contribution in [0, 0.1) is 34.5 Å². The van der Waals surface area contributed by atoms with Crippen LogP contribution in [0.4, 0.5) is 0 Å². The van der Waals surface area contributed by atoms with Crippen LogP contribution in [0.1, 0.15) is 51.4 Å². The van der Waals surface area contributed by atoms with Crippen molar-refractivity contribution >= 4 is 31.9 Å². The average molecular weight is 360 g/mol. The van der Waals surface area contributed by atoms with E-state index in [0.29, 0.717) is 3.23 Å². The number of halogens is 2. The Hall–Kier alpha value is 0.960. The minimum absolute atomic E-state index is 0.360. The lowest BCUT2D eigenvalue weighted by Gasteiger charge is -2.04. The molecule has 0 amide bonds. The van der Waals surface area contributed by atoms with Crippen LogP contribution in [0.15, 0.2) is 0 Å². The molecular formula is C15H20Br2. The van der Waals surface area contributed by atoms with Crippen molar-refractivity contribution in [3.05, 3.63) is 0 Å². The summed E-state index contributed by atoms with van der Waals surface area (Å²) in [6, 6.07) is 0. The number of fused-ring (bicyclic) bond motifs is 7. The van der Waals surface area contributed by atoms with E-state index in [2.05, 4.69) is 31.9 Å². The Balaban J connectivity index is 1.56. The predicted molar refractivity (Wildman–Crippen MR) is 76.3 cm³/mol. The Bertz CT molecular complexity index is 340. The molecule has 0 nitrogen and oxygen atoms in total. The van der Waals surface area contributed by atoms with Crippen LogP contribution in [0.3, 0.4) is 0 Å². The fraction of sp³-hybridized carbons (Fsp3) is 1.00. The van der Waals surface area contributed by atoms with Crippen molar-refractivity contribution in [2.75, 3.05) is 0 Å². The predicted octanol–water partition coefficient (Wildman–Crippen LogP) is 5.10. The van der Waals surface area contributed by atoms with Crippen LogP contribution in [0.25, 0.3) is 0 Å². The molecule has 0 N–H and O–H groups in total. The molecule has 5 saturated carbocycles. The molecule has 0 aromatic rings. The summed E-state index contributed by atoms with van der Waals surface area (Å²) in [5.74, 6) is 4.34. The van der Waals surface area contributed by atoms with Gasteiger partial charge in [-0.25, -0.2) is 0 Å². The van der Waals surface area contributed by atoms with E-state index in [1.165, 1.54) is 51.4 Å². The topological polar surface area (TPSA) is 0 Å². The van der Waals surface area contributed by atoms with Gasteiger partial charge < -0.3 is 0 Å². The second-order valence-corrected chi connectivity index (χ2v) is 10.8. The van der Waals surface area contributed by atoms with Gasteiger partial charge in [-0.3, -0.25) is 0 Å². The van der Waals surface area contributed by atoms with Crippen molar-refractivity contribution in [3.63, 3.8) is 0 Å². The second kappa shape index (κ2) is 2.85. The van der Waals surface area contributed by atoms with Gasteiger partial charge in [0, 0.05) is 10.8 Å². The van der Waals surface area contributed by atoms with E-state index in [4.69, 9.17) is 0 Å². The van der Waals surface area contributed by atoms with E-state index in [0.717, 1.165) is 34.5 Å². The average Bonchev–Trinajstić information content (AvgIpc) is 3.22. The summed E-state index contributed by atoms with van der Waals surface area (Å²) >= 11 is 8.30. The molecule has 0 heterocycles. The zero-order valence-corrected chi connectivity index (χ0v) is 13.4. The van der Waals surface area contributed by atoms with Crippen LogP contribution in [0.2, 0.25) is 0 Å². The summed E-state index contributed by atoms with van der Waals surface area (Å²) in [5.41, 5.74) is 1.44. The highest BCUT2D eigenvalue weighted by atomic mass is 79.9. The van der Waals surface area contributed by atoms with Gasteiger partial charge in [-0.05, 0) is 49.4 Å². The minimum atomic E-state index is 0.360. The van der Waals surface area contributed by atoms with Crippen LogP contribution in [-0.2, 0) is 0 Å². The fourth-order valence-corrected chi connectivity index (χ4v) is 10.5. The van der Waals surface area contributed by atoms with Crippen molar-refractivity contribution < 1.29 is 0 Å². The third-order valence-corrected chi connectivity index (χ3v) is 9.94. The van der Waals surface area contributed by atoms with Gasteiger partial charge in [0.2, 0.25) is 0 Å². The molecule has 6 atom stereocenters. The van der Waals surface area contributed by atoms with Gasteiger partial charge in [0.05, 0.1) is 3.23 Å². The molecule has 0 bridgehead atoms. The van der Waals surface area contributed by atoms with E-state index in [9.17, 15) is 0 Å². The Labute approximate surface area is 121 Å². The van der Waals surface area contributed by atoms with E-state index in [-0.39, 0.29) is 0 Å². The Morgan fingerprint density at radius 1 is 0.588 bits per heavy atom. The Morgan fingerprint density at radius 2 is 0.882 bits per heavy atom. The van der Waals surface area contributed by atoms with E-state index in [1.54, 1.807) is 0 Å². The van der Waals surface area contributed by atoms with E-state index in [1.807, 2.05) is 0 Å². The first-order chi connectivity index (χ1) is 8.20. The smallest absolute Gasteiger partial charge is 0.0714 e. The second-order valence-electron chi connectivity index (χ2n) is 7.31. The first-order valence-electron chi connectivity index (χ1n) is 7.58. The van der Waals surface area contributed by atoms with Crippen LogP contribution >= 0.6 is 31.9 Å². The lowest BCUT2D eigenvalue weighted by atomic mass is 10.0. The maximum Gasteiger partial charge on any atom is 0.0940 e. The molecule has 2 unspecified atom stereocenters. The lowest BCUT2D eigenvalue weighted by Crippen LogP contribution is -1.91. The van der Waals surface area contributed by atoms with Crippen LogP contribution in [-0.4, -0.2) is 3.23 Å². The molecule has 5 rings (SSSR count). The van der Waals surface area contributed by atoms with E-state index < -0.39 is 0 Å². The highest BCUT2D eigenvalue weighted by Gasteiger charge is 3.06. The maximum absolute atomic E-state index is 4.15. The molecule has 0 aromatic carbocycles. The summed E-state index contributed by atoms with van der Waals surface area (Å²) in [4.78, 5) is 0. The molecule has 5 aliphatic carbocycles. The molecular weight excluding hydrogens is 340 g/mol. The van der Waals surface area contributed by atoms with E-state index >= 15 is 0 Å². The van der Waals surface area contributed by atoms with Crippen molar-refractivity contribution in [3.8, 4) is 0 Å². The minimum Gasteiger partial charge on any atom is -0.0714 e. The largest absolute Gasteiger partial charge is 0.0940 e. The van der Waals surface area contributed by atoms with Crippen LogP contribution in [0.5, 0.6) is 0 Å². The molecule has 0 aliphatic heterocycles. The summed E-state index contributed by atoms with van der Waals surface area (Å²) in [6.45, 7) is 0. The van der Waals surface area contributed by atoms with Gasteiger partial charge in [-0.15, -0.1) is 0 Å². The Kier molecular flexibility index (Phi) is 1.79.